The summed E-state index contributed by atoms with van der Waals surface area (Å²) < 4.78 is 0. The molecule has 0 aromatic heterocycles. The molecule has 0 saturated heterocycles. The van der Waals surface area contributed by atoms with Crippen molar-refractivity contribution in [2.24, 2.45) is 5.73 Å². The normalized spacial score (nSPS) is 14.4. The van der Waals surface area contributed by atoms with Crippen LogP contribution in [0, 0.1) is 5.21 Å². The van der Waals surface area contributed by atoms with Gasteiger partial charge in [-0.2, -0.15) is 5.23 Å². The minimum Gasteiger partial charge on any atom is -0.595 e. The van der Waals surface area contributed by atoms with Crippen LogP contribution < -0.4 is 11.0 Å². The fourth-order valence-corrected chi connectivity index (χ4v) is 1.22. The fourth-order valence-electron chi connectivity index (χ4n) is 1.22. The largest absolute Gasteiger partial charge is 0.595 e. The monoisotopic (exact) mass is 228 g/mol. The molecular weight excluding hydrogens is 216 g/mol. The van der Waals surface area contributed by atoms with Crippen molar-refractivity contribution in [2.45, 2.75) is 12.5 Å². The summed E-state index contributed by atoms with van der Waals surface area (Å²) in [6.07, 6.45) is 0.00981. The number of carboxylic acid groups (broad SMARTS) is 1. The molecule has 1 aromatic carbocycles. The number of phenolic OH excluding ortho intramolecular Hbond substituents is 1. The van der Waals surface area contributed by atoms with E-state index in [0.717, 1.165) is 0 Å². The minimum atomic E-state index is -1.27. The minimum absolute atomic E-state index is 0.00981. The lowest BCUT2D eigenvalue weighted by Gasteiger charge is -2.14. The number of aliphatic carboxylic acids is 1. The molecule has 1 aromatic rings. The van der Waals surface area contributed by atoms with Gasteiger partial charge in [-0.1, -0.05) is 6.07 Å². The van der Waals surface area contributed by atoms with Crippen molar-refractivity contribution in [1.29, 1.82) is 0 Å². The van der Waals surface area contributed by atoms with E-state index in [1.54, 1.807) is 0 Å². The predicted octanol–water partition coefficient (Wildman–Crippen LogP) is -1.25. The van der Waals surface area contributed by atoms with Crippen molar-refractivity contribution in [3.63, 3.8) is 0 Å². The van der Waals surface area contributed by atoms with E-state index in [2.05, 4.69) is 0 Å². The molecule has 2 atom stereocenters. The number of phenols is 1. The van der Waals surface area contributed by atoms with Crippen LogP contribution in [0.2, 0.25) is 0 Å². The summed E-state index contributed by atoms with van der Waals surface area (Å²) >= 11 is 0. The van der Waals surface area contributed by atoms with E-state index in [1.165, 1.54) is 18.2 Å². The number of carboxylic acids is 1. The fraction of sp³-hybridized carbons (Fsp3) is 0.222. The lowest BCUT2D eigenvalue weighted by Crippen LogP contribution is -2.99. The zero-order valence-corrected chi connectivity index (χ0v) is 8.25. The maximum Gasteiger partial charge on any atom is 0.320 e. The van der Waals surface area contributed by atoms with Gasteiger partial charge in [0.2, 0.25) is 5.69 Å². The molecule has 0 saturated carbocycles. The Bertz CT molecular complexity index is 393. The Morgan fingerprint density at radius 1 is 1.56 bits per heavy atom. The molecule has 88 valence electrons. The number of hydrogen-bond donors (Lipinski definition) is 5. The van der Waals surface area contributed by atoms with Crippen molar-refractivity contribution in [3.05, 3.63) is 29.0 Å². The van der Waals surface area contributed by atoms with E-state index in [1.807, 2.05) is 0 Å². The van der Waals surface area contributed by atoms with E-state index in [9.17, 15) is 15.1 Å². The maximum absolute atomic E-state index is 10.7. The molecule has 7 nitrogen and oxygen atoms in total. The molecule has 1 unspecified atom stereocenters. The summed E-state index contributed by atoms with van der Waals surface area (Å²) in [6, 6.07) is 2.75. The number of quaternary nitrogens is 1. The third-order valence-electron chi connectivity index (χ3n) is 2.06. The van der Waals surface area contributed by atoms with Crippen molar-refractivity contribution in [2.75, 3.05) is 0 Å². The summed E-state index contributed by atoms with van der Waals surface area (Å²) in [5.41, 5.74) is 5.48. The lowest BCUT2D eigenvalue weighted by molar-refractivity contribution is -0.991. The molecule has 16 heavy (non-hydrogen) atoms. The quantitative estimate of drug-likeness (QED) is 0.323. The lowest BCUT2D eigenvalue weighted by atomic mass is 10.1. The van der Waals surface area contributed by atoms with Crippen LogP contribution in [0.15, 0.2) is 18.2 Å². The average molecular weight is 228 g/mol. The van der Waals surface area contributed by atoms with Gasteiger partial charge in [-0.15, -0.1) is 0 Å². The highest BCUT2D eigenvalue weighted by Gasteiger charge is 2.15. The molecule has 6 N–H and O–H groups in total. The van der Waals surface area contributed by atoms with Crippen molar-refractivity contribution < 1.29 is 25.4 Å². The Morgan fingerprint density at radius 3 is 2.69 bits per heavy atom. The van der Waals surface area contributed by atoms with Gasteiger partial charge >= 0.3 is 5.97 Å². The van der Waals surface area contributed by atoms with Gasteiger partial charge in [0.1, 0.15) is 6.04 Å². The zero-order valence-electron chi connectivity index (χ0n) is 8.25. The van der Waals surface area contributed by atoms with Crippen molar-refractivity contribution in [3.8, 4) is 5.75 Å². The summed E-state index contributed by atoms with van der Waals surface area (Å²) in [5, 5.41) is 35.9. The van der Waals surface area contributed by atoms with Gasteiger partial charge in [-0.25, -0.2) is 5.21 Å². The number of nitrogens with two attached hydrogens (primary N) is 1. The number of rotatable bonds is 4. The van der Waals surface area contributed by atoms with Crippen LogP contribution >= 0.6 is 0 Å². The van der Waals surface area contributed by atoms with Crippen LogP contribution in [0.25, 0.3) is 0 Å². The zero-order chi connectivity index (χ0) is 12.3. The Balaban J connectivity index is 2.91. The molecule has 0 amide bonds. The first-order chi connectivity index (χ1) is 7.41. The first-order valence-electron chi connectivity index (χ1n) is 4.45. The average Bonchev–Trinajstić information content (AvgIpc) is 2.20. The van der Waals surface area contributed by atoms with Crippen molar-refractivity contribution >= 4 is 11.7 Å². The highest BCUT2D eigenvalue weighted by Crippen LogP contribution is 2.20. The van der Waals surface area contributed by atoms with Crippen LogP contribution in [0.1, 0.15) is 5.56 Å². The van der Waals surface area contributed by atoms with Crippen LogP contribution in [0.4, 0.5) is 5.69 Å². The molecule has 1 rings (SSSR count). The first kappa shape index (κ1) is 12.4. The van der Waals surface area contributed by atoms with Gasteiger partial charge in [-0.05, 0) is 18.1 Å². The predicted molar refractivity (Wildman–Crippen MR) is 53.2 cm³/mol. The van der Waals surface area contributed by atoms with Gasteiger partial charge < -0.3 is 21.2 Å². The Hall–Kier alpha value is -1.67. The number of nitrogens with one attached hydrogen (secondary N) is 1. The maximum atomic E-state index is 10.7. The summed E-state index contributed by atoms with van der Waals surface area (Å²) in [4.78, 5) is 10.5. The molecule has 0 fully saturated rings. The summed E-state index contributed by atoms with van der Waals surface area (Å²) in [5.74, 6) is -1.52. The Kier molecular flexibility index (Phi) is 3.80. The van der Waals surface area contributed by atoms with Gasteiger partial charge in [0.05, 0.1) is 0 Å². The van der Waals surface area contributed by atoms with E-state index in [0.29, 0.717) is 5.56 Å². The molecular formula is C9H12N2O5. The van der Waals surface area contributed by atoms with E-state index >= 15 is 0 Å². The second-order valence-corrected chi connectivity index (χ2v) is 3.31. The smallest absolute Gasteiger partial charge is 0.320 e. The number of benzene rings is 1. The second-order valence-electron chi connectivity index (χ2n) is 3.31. The Labute approximate surface area is 90.9 Å². The number of carbonyl (C=O) groups is 1. The van der Waals surface area contributed by atoms with Crippen LogP contribution in [0.3, 0.4) is 0 Å². The second kappa shape index (κ2) is 4.90. The van der Waals surface area contributed by atoms with Gasteiger partial charge in [-0.3, -0.25) is 4.79 Å². The number of aromatic hydroxyl groups is 1. The molecule has 0 heterocycles. The molecule has 7 heteroatoms. The molecule has 0 aliphatic rings. The highest BCUT2D eigenvalue weighted by atomic mass is 16.8. The molecule has 0 aliphatic heterocycles. The van der Waals surface area contributed by atoms with Crippen LogP contribution in [0.5, 0.6) is 5.75 Å². The SMILES string of the molecule is N[C@@H](Cc1ccc(O)c([NH+]([O-])O)c1)C(=O)O. The standard InChI is InChI=1S/C9H12N2O5/c10-6(9(13)14)3-5-1-2-8(12)7(4-5)11(15)16/h1-2,4,6,11-12,15H,3,10H2,(H,13,14)/t6-/m0/s1. The molecule has 0 aliphatic carbocycles. The summed E-state index contributed by atoms with van der Waals surface area (Å²) in [6.45, 7) is 0. The number of hydrogen-bond acceptors (Lipinski definition) is 5. The first-order valence-corrected chi connectivity index (χ1v) is 4.45. The molecule has 0 radical (unpaired) electrons. The van der Waals surface area contributed by atoms with Crippen LogP contribution in [-0.2, 0) is 11.2 Å². The summed E-state index contributed by atoms with van der Waals surface area (Å²) in [7, 11) is 0. The highest BCUT2D eigenvalue weighted by molar-refractivity contribution is 5.73. The topological polar surface area (TPSA) is 131 Å². The van der Waals surface area contributed by atoms with Gasteiger partial charge in [0.15, 0.2) is 5.75 Å². The molecule has 0 bridgehead atoms. The Morgan fingerprint density at radius 2 is 2.19 bits per heavy atom. The van der Waals surface area contributed by atoms with Crippen molar-refractivity contribution in [1.82, 2.24) is 0 Å². The molecule has 0 spiro atoms. The van der Waals surface area contributed by atoms with E-state index in [4.69, 9.17) is 16.0 Å². The van der Waals surface area contributed by atoms with Gasteiger partial charge in [0.25, 0.3) is 0 Å². The van der Waals surface area contributed by atoms with E-state index < -0.39 is 17.2 Å². The van der Waals surface area contributed by atoms with Crippen LogP contribution in [-0.4, -0.2) is 27.4 Å². The third-order valence-corrected chi connectivity index (χ3v) is 2.06. The van der Waals surface area contributed by atoms with E-state index in [-0.39, 0.29) is 17.9 Å². The third kappa shape index (κ3) is 2.91. The van der Waals surface area contributed by atoms with Gasteiger partial charge in [0, 0.05) is 6.07 Å².